The number of fused-ring (bicyclic) bond motifs is 1. The number of hydrogen-bond donors (Lipinski definition) is 1. The topological polar surface area (TPSA) is 44.7 Å². The van der Waals surface area contributed by atoms with Crippen molar-refractivity contribution in [3.63, 3.8) is 0 Å². The van der Waals surface area contributed by atoms with Gasteiger partial charge < -0.3 is 5.32 Å². The van der Waals surface area contributed by atoms with Crippen LogP contribution in [0.2, 0.25) is 0 Å². The predicted octanol–water partition coefficient (Wildman–Crippen LogP) is 0.748. The fourth-order valence-corrected chi connectivity index (χ4v) is 2.01. The van der Waals surface area contributed by atoms with E-state index >= 15 is 0 Å². The number of hydrazone groups is 1. The summed E-state index contributed by atoms with van der Waals surface area (Å²) in [6.07, 6.45) is 0. The first-order valence-electron chi connectivity index (χ1n) is 5.13. The minimum Gasteiger partial charge on any atom is -0.310 e. The van der Waals surface area contributed by atoms with Gasteiger partial charge in [0.1, 0.15) is 5.82 Å². The van der Waals surface area contributed by atoms with E-state index in [2.05, 4.69) is 10.4 Å². The first-order valence-corrected chi connectivity index (χ1v) is 5.13. The van der Waals surface area contributed by atoms with E-state index in [9.17, 15) is 9.18 Å². The third-order valence-corrected chi connectivity index (χ3v) is 2.86. The summed E-state index contributed by atoms with van der Waals surface area (Å²) in [5.74, 6) is -0.485. The van der Waals surface area contributed by atoms with Gasteiger partial charge in [-0.25, -0.2) is 9.40 Å². The van der Waals surface area contributed by atoms with Crippen molar-refractivity contribution in [1.82, 2.24) is 5.32 Å². The molecule has 2 heterocycles. The fourth-order valence-electron chi connectivity index (χ4n) is 2.01. The third-order valence-electron chi connectivity index (χ3n) is 2.86. The van der Waals surface area contributed by atoms with Crippen molar-refractivity contribution in [1.29, 1.82) is 0 Å². The second-order valence-corrected chi connectivity index (χ2v) is 3.90. The standard InChI is InChI=1S/C11H10FN3O/c12-7-1-3-8(4-2-7)15-11(16)9-5-13-6-10(9)14-15/h1-4,9,13H,5-6H2. The Morgan fingerprint density at radius 1 is 1.38 bits per heavy atom. The molecule has 1 atom stereocenters. The van der Waals surface area contributed by atoms with E-state index in [0.717, 1.165) is 5.71 Å². The molecule has 0 saturated carbocycles. The summed E-state index contributed by atoms with van der Waals surface area (Å²) >= 11 is 0. The molecule has 5 heteroatoms. The molecule has 2 aliphatic rings. The number of halogens is 1. The number of benzene rings is 1. The molecule has 1 aromatic carbocycles. The molecule has 0 aliphatic carbocycles. The zero-order valence-corrected chi connectivity index (χ0v) is 8.48. The van der Waals surface area contributed by atoms with Crippen LogP contribution < -0.4 is 10.3 Å². The van der Waals surface area contributed by atoms with Crippen LogP contribution in [0, 0.1) is 11.7 Å². The summed E-state index contributed by atoms with van der Waals surface area (Å²) in [6, 6.07) is 5.78. The number of rotatable bonds is 1. The van der Waals surface area contributed by atoms with E-state index < -0.39 is 0 Å². The number of nitrogens with one attached hydrogen (secondary N) is 1. The average molecular weight is 219 g/mol. The quantitative estimate of drug-likeness (QED) is 0.757. The lowest BCUT2D eigenvalue weighted by atomic mass is 10.1. The monoisotopic (exact) mass is 219 g/mol. The van der Waals surface area contributed by atoms with Crippen molar-refractivity contribution < 1.29 is 9.18 Å². The predicted molar refractivity (Wildman–Crippen MR) is 57.7 cm³/mol. The Morgan fingerprint density at radius 3 is 2.81 bits per heavy atom. The van der Waals surface area contributed by atoms with Gasteiger partial charge >= 0.3 is 0 Å². The summed E-state index contributed by atoms with van der Waals surface area (Å²) in [4.78, 5) is 11.9. The van der Waals surface area contributed by atoms with Gasteiger partial charge in [-0.3, -0.25) is 4.79 Å². The molecule has 0 bridgehead atoms. The van der Waals surface area contributed by atoms with Crippen LogP contribution in [0.4, 0.5) is 10.1 Å². The van der Waals surface area contributed by atoms with Crippen molar-refractivity contribution in [3.05, 3.63) is 30.1 Å². The molecule has 2 aliphatic heterocycles. The van der Waals surface area contributed by atoms with Gasteiger partial charge in [-0.1, -0.05) is 0 Å². The molecule has 1 amide bonds. The maximum Gasteiger partial charge on any atom is 0.257 e. The highest BCUT2D eigenvalue weighted by molar-refractivity contribution is 6.17. The lowest BCUT2D eigenvalue weighted by molar-refractivity contribution is -0.119. The molecule has 1 saturated heterocycles. The number of carbonyl (C=O) groups is 1. The molecule has 16 heavy (non-hydrogen) atoms. The van der Waals surface area contributed by atoms with Crippen molar-refractivity contribution in [2.45, 2.75) is 0 Å². The number of hydrogen-bond acceptors (Lipinski definition) is 3. The van der Waals surface area contributed by atoms with E-state index in [1.165, 1.54) is 17.1 Å². The molecular weight excluding hydrogens is 209 g/mol. The molecule has 0 aromatic heterocycles. The smallest absolute Gasteiger partial charge is 0.257 e. The Bertz CT molecular complexity index is 469. The van der Waals surface area contributed by atoms with Crippen LogP contribution in [-0.4, -0.2) is 24.7 Å². The van der Waals surface area contributed by atoms with Gasteiger partial charge in [0, 0.05) is 13.1 Å². The van der Waals surface area contributed by atoms with Crippen LogP contribution in [0.1, 0.15) is 0 Å². The molecule has 4 nitrogen and oxygen atoms in total. The maximum atomic E-state index is 12.8. The molecule has 1 unspecified atom stereocenters. The van der Waals surface area contributed by atoms with Crippen LogP contribution in [0.5, 0.6) is 0 Å². The van der Waals surface area contributed by atoms with E-state index in [-0.39, 0.29) is 17.6 Å². The van der Waals surface area contributed by atoms with Gasteiger partial charge in [0.25, 0.3) is 5.91 Å². The van der Waals surface area contributed by atoms with Crippen LogP contribution >= 0.6 is 0 Å². The van der Waals surface area contributed by atoms with Crippen LogP contribution in [-0.2, 0) is 4.79 Å². The van der Waals surface area contributed by atoms with Crippen LogP contribution in [0.25, 0.3) is 0 Å². The summed E-state index contributed by atoms with van der Waals surface area (Å²) in [7, 11) is 0. The Hall–Kier alpha value is -1.75. The first kappa shape index (κ1) is 9.47. The van der Waals surface area contributed by atoms with Gasteiger partial charge in [-0.2, -0.15) is 5.10 Å². The van der Waals surface area contributed by atoms with Gasteiger partial charge in [0.2, 0.25) is 0 Å². The number of nitrogens with zero attached hydrogens (tertiary/aromatic N) is 2. The Balaban J connectivity index is 1.94. The molecular formula is C11H10FN3O. The largest absolute Gasteiger partial charge is 0.310 e. The lowest BCUT2D eigenvalue weighted by Gasteiger charge is -2.13. The number of amides is 1. The van der Waals surface area contributed by atoms with E-state index in [1.54, 1.807) is 12.1 Å². The summed E-state index contributed by atoms with van der Waals surface area (Å²) in [6.45, 7) is 1.31. The van der Waals surface area contributed by atoms with Crippen molar-refractivity contribution >= 4 is 17.3 Å². The molecule has 82 valence electrons. The Morgan fingerprint density at radius 2 is 2.12 bits per heavy atom. The van der Waals surface area contributed by atoms with Crippen molar-refractivity contribution in [3.8, 4) is 0 Å². The second kappa shape index (κ2) is 3.38. The van der Waals surface area contributed by atoms with Crippen LogP contribution in [0.15, 0.2) is 29.4 Å². The lowest BCUT2D eigenvalue weighted by Crippen LogP contribution is -2.28. The highest BCUT2D eigenvalue weighted by atomic mass is 19.1. The molecule has 3 rings (SSSR count). The van der Waals surface area contributed by atoms with Crippen LogP contribution in [0.3, 0.4) is 0 Å². The molecule has 1 aromatic rings. The van der Waals surface area contributed by atoms with Gasteiger partial charge in [0.15, 0.2) is 0 Å². The SMILES string of the molecule is O=C1C2CNCC2=NN1c1ccc(F)cc1. The Kier molecular flexibility index (Phi) is 2.00. The minimum atomic E-state index is -0.315. The van der Waals surface area contributed by atoms with Gasteiger partial charge in [0.05, 0.1) is 17.3 Å². The zero-order chi connectivity index (χ0) is 11.1. The first-order chi connectivity index (χ1) is 7.75. The summed E-state index contributed by atoms with van der Waals surface area (Å²) in [5, 5.41) is 8.71. The Labute approximate surface area is 91.7 Å². The highest BCUT2D eigenvalue weighted by Crippen LogP contribution is 2.25. The highest BCUT2D eigenvalue weighted by Gasteiger charge is 2.39. The van der Waals surface area contributed by atoms with Crippen molar-refractivity contribution in [2.24, 2.45) is 11.0 Å². The summed E-state index contributed by atoms with van der Waals surface area (Å²) < 4.78 is 12.8. The fraction of sp³-hybridized carbons (Fsp3) is 0.273. The van der Waals surface area contributed by atoms with Gasteiger partial charge in [-0.05, 0) is 24.3 Å². The summed E-state index contributed by atoms with van der Waals surface area (Å²) in [5.41, 5.74) is 1.49. The molecule has 0 radical (unpaired) electrons. The maximum absolute atomic E-state index is 12.8. The number of carbonyl (C=O) groups excluding carboxylic acids is 1. The third kappa shape index (κ3) is 1.32. The molecule has 1 fully saturated rings. The van der Waals surface area contributed by atoms with E-state index in [1.807, 2.05) is 0 Å². The van der Waals surface area contributed by atoms with Crippen molar-refractivity contribution in [2.75, 3.05) is 18.1 Å². The second-order valence-electron chi connectivity index (χ2n) is 3.90. The minimum absolute atomic E-state index is 0.0355. The molecule has 1 N–H and O–H groups in total. The average Bonchev–Trinajstić information content (AvgIpc) is 2.84. The zero-order valence-electron chi connectivity index (χ0n) is 8.48. The number of anilines is 1. The normalized spacial score (nSPS) is 23.6. The van der Waals surface area contributed by atoms with E-state index in [4.69, 9.17) is 0 Å². The van der Waals surface area contributed by atoms with Gasteiger partial charge in [-0.15, -0.1) is 0 Å². The molecule has 0 spiro atoms. The van der Waals surface area contributed by atoms with E-state index in [0.29, 0.717) is 18.8 Å².